The average molecular weight is 335 g/mol. The fourth-order valence-corrected chi connectivity index (χ4v) is 2.33. The number of nitrogens with zero attached hydrogens (tertiary/aromatic N) is 3. The van der Waals surface area contributed by atoms with Gasteiger partial charge in [0, 0.05) is 0 Å². The van der Waals surface area contributed by atoms with Crippen LogP contribution in [0, 0.1) is 0 Å². The lowest BCUT2D eigenvalue weighted by atomic mass is 10.1. The van der Waals surface area contributed by atoms with Gasteiger partial charge in [-0.2, -0.15) is 13.2 Å². The Labute approximate surface area is 134 Å². The van der Waals surface area contributed by atoms with E-state index in [2.05, 4.69) is 10.3 Å². The molecule has 1 aromatic heterocycles. The van der Waals surface area contributed by atoms with Crippen molar-refractivity contribution in [1.82, 2.24) is 15.0 Å². The average Bonchev–Trinajstić information content (AvgIpc) is 2.57. The van der Waals surface area contributed by atoms with Gasteiger partial charge in [-0.3, -0.25) is 4.79 Å². The van der Waals surface area contributed by atoms with Crippen molar-refractivity contribution in [3.8, 4) is 0 Å². The fourth-order valence-electron chi connectivity index (χ4n) is 2.33. The zero-order valence-electron chi connectivity index (χ0n) is 12.2. The minimum Gasteiger partial charge on any atom is -0.386 e. The molecule has 0 unspecified atom stereocenters. The Kier molecular flexibility index (Phi) is 4.06. The largest absolute Gasteiger partial charge is 0.416 e. The number of hydrogen-bond donors (Lipinski definition) is 1. The molecule has 0 radical (unpaired) electrons. The van der Waals surface area contributed by atoms with E-state index < -0.39 is 23.4 Å². The summed E-state index contributed by atoms with van der Waals surface area (Å²) in [6, 6.07) is 10.9. The molecule has 0 aliphatic rings. The second-order valence-electron chi connectivity index (χ2n) is 5.23. The van der Waals surface area contributed by atoms with Crippen LogP contribution in [0.15, 0.2) is 53.3 Å². The van der Waals surface area contributed by atoms with Crippen LogP contribution in [0.5, 0.6) is 0 Å². The van der Waals surface area contributed by atoms with Gasteiger partial charge in [-0.05, 0) is 29.8 Å². The summed E-state index contributed by atoms with van der Waals surface area (Å²) in [5.74, 6) is 0. The van der Waals surface area contributed by atoms with E-state index in [1.807, 2.05) is 0 Å². The fraction of sp³-hybridized carbons (Fsp3) is 0.188. The smallest absolute Gasteiger partial charge is 0.386 e. The molecule has 124 valence electrons. The standard InChI is InChI=1S/C16H12F3N3O2/c17-16(18,19)11-5-3-4-10(8-11)14(23)9-22-15(24)12-6-1-2-7-13(12)20-21-22/h1-8,14,23H,9H2/t14-/m1/s1. The summed E-state index contributed by atoms with van der Waals surface area (Å²) in [6.45, 7) is -0.294. The quantitative estimate of drug-likeness (QED) is 0.799. The van der Waals surface area contributed by atoms with Crippen LogP contribution in [0.25, 0.3) is 10.9 Å². The normalized spacial score (nSPS) is 13.2. The van der Waals surface area contributed by atoms with Crippen molar-refractivity contribution in [2.75, 3.05) is 0 Å². The van der Waals surface area contributed by atoms with E-state index in [0.29, 0.717) is 10.9 Å². The molecule has 0 amide bonds. The monoisotopic (exact) mass is 335 g/mol. The van der Waals surface area contributed by atoms with Crippen molar-refractivity contribution >= 4 is 10.9 Å². The van der Waals surface area contributed by atoms with Crippen molar-refractivity contribution in [3.05, 3.63) is 70.0 Å². The molecular formula is C16H12F3N3O2. The molecule has 0 saturated heterocycles. The summed E-state index contributed by atoms with van der Waals surface area (Å²) in [7, 11) is 0. The van der Waals surface area contributed by atoms with Crippen molar-refractivity contribution < 1.29 is 18.3 Å². The highest BCUT2D eigenvalue weighted by atomic mass is 19.4. The SMILES string of the molecule is O=c1c2ccccc2nnn1C[C@@H](O)c1cccc(C(F)(F)F)c1. The van der Waals surface area contributed by atoms with Crippen LogP contribution >= 0.6 is 0 Å². The van der Waals surface area contributed by atoms with Gasteiger partial charge in [0.1, 0.15) is 5.52 Å². The summed E-state index contributed by atoms with van der Waals surface area (Å²) in [5, 5.41) is 18.1. The molecular weight excluding hydrogens is 323 g/mol. The molecule has 1 atom stereocenters. The first-order valence-electron chi connectivity index (χ1n) is 7.04. The number of rotatable bonds is 3. The maximum Gasteiger partial charge on any atom is 0.416 e. The number of benzene rings is 2. The van der Waals surface area contributed by atoms with E-state index in [0.717, 1.165) is 16.8 Å². The van der Waals surface area contributed by atoms with E-state index in [-0.39, 0.29) is 12.1 Å². The molecule has 0 aliphatic carbocycles. The second kappa shape index (κ2) is 6.04. The zero-order valence-corrected chi connectivity index (χ0v) is 12.2. The summed E-state index contributed by atoms with van der Waals surface area (Å²) in [6.07, 6.45) is -5.82. The van der Waals surface area contributed by atoms with Crippen molar-refractivity contribution in [2.24, 2.45) is 0 Å². The van der Waals surface area contributed by atoms with Gasteiger partial charge in [0.25, 0.3) is 5.56 Å². The number of halogens is 3. The Morgan fingerprint density at radius 1 is 1.12 bits per heavy atom. The number of fused-ring (bicyclic) bond motifs is 1. The number of alkyl halides is 3. The number of aromatic nitrogens is 3. The molecule has 0 saturated carbocycles. The van der Waals surface area contributed by atoms with Gasteiger partial charge in [-0.1, -0.05) is 29.5 Å². The Morgan fingerprint density at radius 2 is 1.88 bits per heavy atom. The van der Waals surface area contributed by atoms with Crippen LogP contribution in [0.3, 0.4) is 0 Å². The summed E-state index contributed by atoms with van der Waals surface area (Å²) in [4.78, 5) is 12.3. The lowest BCUT2D eigenvalue weighted by Crippen LogP contribution is -2.27. The zero-order chi connectivity index (χ0) is 17.3. The van der Waals surface area contributed by atoms with Crippen LogP contribution in [0.2, 0.25) is 0 Å². The molecule has 0 aliphatic heterocycles. The molecule has 3 rings (SSSR count). The third-order valence-electron chi connectivity index (χ3n) is 3.57. The predicted molar refractivity (Wildman–Crippen MR) is 80.2 cm³/mol. The first-order chi connectivity index (χ1) is 11.4. The molecule has 24 heavy (non-hydrogen) atoms. The maximum atomic E-state index is 12.7. The van der Waals surface area contributed by atoms with Crippen LogP contribution in [-0.2, 0) is 12.7 Å². The Morgan fingerprint density at radius 3 is 2.62 bits per heavy atom. The molecule has 0 bridgehead atoms. The lowest BCUT2D eigenvalue weighted by molar-refractivity contribution is -0.137. The van der Waals surface area contributed by atoms with Gasteiger partial charge in [-0.25, -0.2) is 4.68 Å². The molecule has 0 spiro atoms. The van der Waals surface area contributed by atoms with Crippen LogP contribution in [-0.4, -0.2) is 20.1 Å². The number of aliphatic hydroxyl groups is 1. The minimum atomic E-state index is -4.50. The Bertz CT molecular complexity index is 937. The maximum absolute atomic E-state index is 12.7. The summed E-state index contributed by atoms with van der Waals surface area (Å²) in [5.41, 5.74) is -0.874. The predicted octanol–water partition coefficient (Wildman–Crippen LogP) is 2.54. The van der Waals surface area contributed by atoms with Crippen molar-refractivity contribution in [2.45, 2.75) is 18.8 Å². The van der Waals surface area contributed by atoms with Gasteiger partial charge >= 0.3 is 6.18 Å². The van der Waals surface area contributed by atoms with Gasteiger partial charge in [0.15, 0.2) is 0 Å². The van der Waals surface area contributed by atoms with E-state index in [4.69, 9.17) is 0 Å². The second-order valence-corrected chi connectivity index (χ2v) is 5.23. The third kappa shape index (κ3) is 3.13. The van der Waals surface area contributed by atoms with Gasteiger partial charge in [0.2, 0.25) is 0 Å². The molecule has 5 nitrogen and oxygen atoms in total. The van der Waals surface area contributed by atoms with E-state index in [1.54, 1.807) is 24.3 Å². The van der Waals surface area contributed by atoms with Gasteiger partial charge in [-0.15, -0.1) is 5.10 Å². The summed E-state index contributed by atoms with van der Waals surface area (Å²) >= 11 is 0. The first kappa shape index (κ1) is 16.1. The first-order valence-corrected chi connectivity index (χ1v) is 7.04. The van der Waals surface area contributed by atoms with E-state index >= 15 is 0 Å². The van der Waals surface area contributed by atoms with Gasteiger partial charge in [0.05, 0.1) is 23.6 Å². The highest BCUT2D eigenvalue weighted by Crippen LogP contribution is 2.30. The number of aliphatic hydroxyl groups excluding tert-OH is 1. The van der Waals surface area contributed by atoms with Crippen LogP contribution < -0.4 is 5.56 Å². The molecule has 1 N–H and O–H groups in total. The molecule has 0 fully saturated rings. The van der Waals surface area contributed by atoms with Crippen molar-refractivity contribution in [1.29, 1.82) is 0 Å². The molecule has 2 aromatic carbocycles. The Balaban J connectivity index is 1.92. The topological polar surface area (TPSA) is 68.0 Å². The highest BCUT2D eigenvalue weighted by molar-refractivity contribution is 5.76. The highest BCUT2D eigenvalue weighted by Gasteiger charge is 2.30. The lowest BCUT2D eigenvalue weighted by Gasteiger charge is -2.14. The molecule has 1 heterocycles. The van der Waals surface area contributed by atoms with Crippen LogP contribution in [0.1, 0.15) is 17.2 Å². The van der Waals surface area contributed by atoms with Gasteiger partial charge < -0.3 is 5.11 Å². The van der Waals surface area contributed by atoms with Crippen molar-refractivity contribution in [3.63, 3.8) is 0 Å². The van der Waals surface area contributed by atoms with E-state index in [9.17, 15) is 23.1 Å². The van der Waals surface area contributed by atoms with E-state index in [1.165, 1.54) is 12.1 Å². The van der Waals surface area contributed by atoms with Crippen LogP contribution in [0.4, 0.5) is 13.2 Å². The third-order valence-corrected chi connectivity index (χ3v) is 3.57. The Hall–Kier alpha value is -2.74. The minimum absolute atomic E-state index is 0.0479. The molecule has 3 aromatic rings. The number of hydrogen-bond acceptors (Lipinski definition) is 4. The molecule has 8 heteroatoms. The summed E-state index contributed by atoms with van der Waals surface area (Å²) < 4.78 is 39.2.